The van der Waals surface area contributed by atoms with Crippen LogP contribution in [0.5, 0.6) is 0 Å². The molecule has 6 heteroatoms. The summed E-state index contributed by atoms with van der Waals surface area (Å²) in [5.41, 5.74) is 1.81. The van der Waals surface area contributed by atoms with Crippen molar-refractivity contribution in [1.82, 2.24) is 0 Å². The second-order valence-corrected chi connectivity index (χ2v) is 6.77. The van der Waals surface area contributed by atoms with Crippen LogP contribution in [-0.4, -0.2) is 18.4 Å². The number of halogens is 2. The fourth-order valence-electron chi connectivity index (χ4n) is 3.00. The number of anilines is 2. The number of hydrogen-bond donors (Lipinski definition) is 1. The van der Waals surface area contributed by atoms with E-state index >= 15 is 0 Å². The van der Waals surface area contributed by atoms with Gasteiger partial charge in [-0.05, 0) is 35.7 Å². The summed E-state index contributed by atoms with van der Waals surface area (Å²) in [6.45, 7) is 4.41. The highest BCUT2D eigenvalue weighted by Crippen LogP contribution is 2.28. The van der Waals surface area contributed by atoms with Crippen molar-refractivity contribution < 1.29 is 18.4 Å². The van der Waals surface area contributed by atoms with Crippen molar-refractivity contribution in [2.75, 3.05) is 16.8 Å². The third kappa shape index (κ3) is 3.74. The number of carbonyl (C=O) groups excluding carboxylic acids is 2. The Kier molecular flexibility index (Phi) is 5.02. The average molecular weight is 358 g/mol. The lowest BCUT2D eigenvalue weighted by atomic mass is 10.0. The maximum atomic E-state index is 13.7. The Balaban J connectivity index is 1.69. The lowest BCUT2D eigenvalue weighted by Crippen LogP contribution is -2.28. The van der Waals surface area contributed by atoms with Gasteiger partial charge < -0.3 is 10.2 Å². The number of carbonyl (C=O) groups is 2. The van der Waals surface area contributed by atoms with Crippen LogP contribution in [0.2, 0.25) is 0 Å². The van der Waals surface area contributed by atoms with Crippen molar-refractivity contribution in [3.63, 3.8) is 0 Å². The van der Waals surface area contributed by atoms with E-state index in [1.54, 1.807) is 4.90 Å². The SMILES string of the molecule is CC(C)c1ccc(N2CC(C(=O)Nc3ccc(F)cc3F)CC2=O)cc1. The molecular weight excluding hydrogens is 338 g/mol. The van der Waals surface area contributed by atoms with Crippen molar-refractivity contribution in [1.29, 1.82) is 0 Å². The lowest BCUT2D eigenvalue weighted by Gasteiger charge is -2.18. The van der Waals surface area contributed by atoms with Crippen LogP contribution in [-0.2, 0) is 9.59 Å². The van der Waals surface area contributed by atoms with E-state index < -0.39 is 23.5 Å². The van der Waals surface area contributed by atoms with Crippen LogP contribution in [0.15, 0.2) is 42.5 Å². The van der Waals surface area contributed by atoms with Crippen molar-refractivity contribution in [2.45, 2.75) is 26.2 Å². The molecule has 1 atom stereocenters. The van der Waals surface area contributed by atoms with E-state index in [0.29, 0.717) is 12.0 Å². The first-order chi connectivity index (χ1) is 12.3. The number of nitrogens with zero attached hydrogens (tertiary/aromatic N) is 1. The van der Waals surface area contributed by atoms with Crippen LogP contribution in [0.25, 0.3) is 0 Å². The normalized spacial score (nSPS) is 17.0. The standard InChI is InChI=1S/C20H20F2N2O2/c1-12(2)13-3-6-16(7-4-13)24-11-14(9-19(24)25)20(26)23-18-8-5-15(21)10-17(18)22/h3-8,10,12,14H,9,11H2,1-2H3,(H,23,26). The minimum Gasteiger partial charge on any atom is -0.323 e. The molecule has 1 fully saturated rings. The van der Waals surface area contributed by atoms with E-state index in [-0.39, 0.29) is 24.6 Å². The van der Waals surface area contributed by atoms with E-state index in [4.69, 9.17) is 0 Å². The summed E-state index contributed by atoms with van der Waals surface area (Å²) in [5, 5.41) is 2.44. The molecule has 0 aliphatic carbocycles. The van der Waals surface area contributed by atoms with Crippen molar-refractivity contribution in [3.8, 4) is 0 Å². The molecule has 136 valence electrons. The van der Waals surface area contributed by atoms with Gasteiger partial charge in [-0.1, -0.05) is 26.0 Å². The first kappa shape index (κ1) is 18.0. The largest absolute Gasteiger partial charge is 0.323 e. The summed E-state index contributed by atoms with van der Waals surface area (Å²) in [6, 6.07) is 10.6. The predicted molar refractivity (Wildman–Crippen MR) is 96.0 cm³/mol. The molecule has 0 radical (unpaired) electrons. The molecule has 1 heterocycles. The van der Waals surface area contributed by atoms with Crippen LogP contribution in [0.4, 0.5) is 20.2 Å². The van der Waals surface area contributed by atoms with Gasteiger partial charge in [0, 0.05) is 24.7 Å². The van der Waals surface area contributed by atoms with Gasteiger partial charge in [0.15, 0.2) is 0 Å². The summed E-state index contributed by atoms with van der Waals surface area (Å²) < 4.78 is 26.6. The van der Waals surface area contributed by atoms with E-state index in [1.807, 2.05) is 24.3 Å². The molecule has 2 aromatic rings. The van der Waals surface area contributed by atoms with Crippen LogP contribution < -0.4 is 10.2 Å². The molecule has 1 saturated heterocycles. The fraction of sp³-hybridized carbons (Fsp3) is 0.300. The van der Waals surface area contributed by atoms with E-state index in [1.165, 1.54) is 11.6 Å². The van der Waals surface area contributed by atoms with E-state index in [9.17, 15) is 18.4 Å². The van der Waals surface area contributed by atoms with Gasteiger partial charge in [-0.2, -0.15) is 0 Å². The molecule has 0 bridgehead atoms. The Morgan fingerprint density at radius 1 is 1.15 bits per heavy atom. The van der Waals surface area contributed by atoms with Gasteiger partial charge >= 0.3 is 0 Å². The summed E-state index contributed by atoms with van der Waals surface area (Å²) >= 11 is 0. The monoisotopic (exact) mass is 358 g/mol. The highest BCUT2D eigenvalue weighted by Gasteiger charge is 2.35. The smallest absolute Gasteiger partial charge is 0.229 e. The molecule has 1 N–H and O–H groups in total. The van der Waals surface area contributed by atoms with Crippen LogP contribution in [0.1, 0.15) is 31.7 Å². The number of hydrogen-bond acceptors (Lipinski definition) is 2. The Morgan fingerprint density at radius 2 is 1.85 bits per heavy atom. The van der Waals surface area contributed by atoms with Gasteiger partial charge in [0.1, 0.15) is 11.6 Å². The van der Waals surface area contributed by atoms with Gasteiger partial charge in [-0.3, -0.25) is 9.59 Å². The molecule has 0 saturated carbocycles. The molecule has 0 aromatic heterocycles. The molecular formula is C20H20F2N2O2. The Morgan fingerprint density at radius 3 is 2.46 bits per heavy atom. The summed E-state index contributed by atoms with van der Waals surface area (Å²) in [4.78, 5) is 26.2. The van der Waals surface area contributed by atoms with Gasteiger partial charge in [-0.15, -0.1) is 0 Å². The maximum Gasteiger partial charge on any atom is 0.229 e. The van der Waals surface area contributed by atoms with Crippen molar-refractivity contribution >= 4 is 23.2 Å². The molecule has 2 amide bonds. The van der Waals surface area contributed by atoms with Crippen LogP contribution in [0, 0.1) is 17.6 Å². The zero-order valence-corrected chi connectivity index (χ0v) is 14.6. The van der Waals surface area contributed by atoms with Gasteiger partial charge in [-0.25, -0.2) is 8.78 Å². The molecule has 3 rings (SSSR count). The molecule has 1 aliphatic heterocycles. The molecule has 2 aromatic carbocycles. The quantitative estimate of drug-likeness (QED) is 0.895. The van der Waals surface area contributed by atoms with Crippen LogP contribution in [0.3, 0.4) is 0 Å². The third-order valence-electron chi connectivity index (χ3n) is 4.56. The number of benzene rings is 2. The lowest BCUT2D eigenvalue weighted by molar-refractivity contribution is -0.122. The highest BCUT2D eigenvalue weighted by molar-refractivity contribution is 6.03. The Hall–Kier alpha value is -2.76. The highest BCUT2D eigenvalue weighted by atomic mass is 19.1. The van der Waals surface area contributed by atoms with E-state index in [0.717, 1.165) is 11.8 Å². The zero-order chi connectivity index (χ0) is 18.8. The van der Waals surface area contributed by atoms with Crippen molar-refractivity contribution in [3.05, 3.63) is 59.7 Å². The maximum absolute atomic E-state index is 13.7. The molecule has 1 unspecified atom stereocenters. The summed E-state index contributed by atoms with van der Waals surface area (Å²) in [7, 11) is 0. The second kappa shape index (κ2) is 7.23. The van der Waals surface area contributed by atoms with Gasteiger partial charge in [0.25, 0.3) is 0 Å². The molecule has 1 aliphatic rings. The Labute approximate surface area is 150 Å². The Bertz CT molecular complexity index is 834. The summed E-state index contributed by atoms with van der Waals surface area (Å²) in [6.07, 6.45) is 0.0561. The van der Waals surface area contributed by atoms with E-state index in [2.05, 4.69) is 19.2 Å². The number of nitrogens with one attached hydrogen (secondary N) is 1. The first-order valence-electron chi connectivity index (χ1n) is 8.51. The minimum absolute atomic E-state index is 0.0561. The third-order valence-corrected chi connectivity index (χ3v) is 4.56. The predicted octanol–water partition coefficient (Wildman–Crippen LogP) is 4.08. The molecule has 0 spiro atoms. The molecule has 4 nitrogen and oxygen atoms in total. The molecule has 26 heavy (non-hydrogen) atoms. The minimum atomic E-state index is -0.844. The second-order valence-electron chi connectivity index (χ2n) is 6.77. The topological polar surface area (TPSA) is 49.4 Å². The summed E-state index contributed by atoms with van der Waals surface area (Å²) in [5.74, 6) is -2.36. The number of amides is 2. The van der Waals surface area contributed by atoms with Crippen molar-refractivity contribution in [2.24, 2.45) is 5.92 Å². The zero-order valence-electron chi connectivity index (χ0n) is 14.6. The first-order valence-corrected chi connectivity index (χ1v) is 8.51. The van der Waals surface area contributed by atoms with Gasteiger partial charge in [0.2, 0.25) is 11.8 Å². The van der Waals surface area contributed by atoms with Crippen LogP contribution >= 0.6 is 0 Å². The van der Waals surface area contributed by atoms with Gasteiger partial charge in [0.05, 0.1) is 11.6 Å². The number of rotatable bonds is 4. The fourth-order valence-corrected chi connectivity index (χ4v) is 3.00. The average Bonchev–Trinajstić information content (AvgIpc) is 2.99.